The number of benzene rings is 2. The van der Waals surface area contributed by atoms with Crippen molar-refractivity contribution >= 4 is 27.6 Å². The number of hydrogen-bond acceptors (Lipinski definition) is 6. The average Bonchev–Trinajstić information content (AvgIpc) is 2.85. The van der Waals surface area contributed by atoms with Gasteiger partial charge in [-0.15, -0.1) is 0 Å². The van der Waals surface area contributed by atoms with Gasteiger partial charge in [-0.25, -0.2) is 13.2 Å². The molecule has 1 heterocycles. The number of nitrogens with one attached hydrogen (secondary N) is 2. The van der Waals surface area contributed by atoms with Crippen LogP contribution in [0.25, 0.3) is 0 Å². The number of rotatable bonds is 8. The summed E-state index contributed by atoms with van der Waals surface area (Å²) in [6.07, 6.45) is -0.578. The fraction of sp³-hybridized carbons (Fsp3) is 0.462. The molecule has 0 fully saturated rings. The first-order valence-electron chi connectivity index (χ1n) is 12.3. The number of carbonyl (C=O) groups is 2. The summed E-state index contributed by atoms with van der Waals surface area (Å²) in [7, 11) is -2.32. The van der Waals surface area contributed by atoms with E-state index in [1.165, 1.54) is 23.1 Å². The molecule has 2 aromatic rings. The first-order valence-corrected chi connectivity index (χ1v) is 13.7. The molecule has 2 aromatic carbocycles. The Morgan fingerprint density at radius 2 is 1.84 bits per heavy atom. The van der Waals surface area contributed by atoms with Gasteiger partial charge in [-0.1, -0.05) is 31.2 Å². The Labute approximate surface area is 218 Å². The monoisotopic (exact) mass is 532 g/mol. The van der Waals surface area contributed by atoms with Crippen LogP contribution in [0.4, 0.5) is 10.5 Å². The van der Waals surface area contributed by atoms with E-state index in [2.05, 4.69) is 10.0 Å². The van der Waals surface area contributed by atoms with Crippen molar-refractivity contribution < 1.29 is 27.9 Å². The summed E-state index contributed by atoms with van der Waals surface area (Å²) in [4.78, 5) is 29.3. The lowest BCUT2D eigenvalue weighted by molar-refractivity contribution is 0.0369. The van der Waals surface area contributed by atoms with Crippen LogP contribution in [-0.2, 0) is 10.0 Å². The third-order valence-corrected chi connectivity index (χ3v) is 7.58. The van der Waals surface area contributed by atoms with Crippen LogP contribution in [0.1, 0.15) is 38.1 Å². The topological polar surface area (TPSA) is 128 Å². The molecule has 3 rings (SSSR count). The van der Waals surface area contributed by atoms with Crippen molar-refractivity contribution in [1.82, 2.24) is 15.1 Å². The number of ether oxygens (including phenoxy) is 1. The minimum atomic E-state index is -3.97. The fourth-order valence-electron chi connectivity index (χ4n) is 4.05. The predicted octanol–water partition coefficient (Wildman–Crippen LogP) is 2.76. The first kappa shape index (κ1) is 28.3. The summed E-state index contributed by atoms with van der Waals surface area (Å²) in [6, 6.07) is 11.8. The third-order valence-electron chi connectivity index (χ3n) is 6.20. The zero-order valence-corrected chi connectivity index (χ0v) is 22.7. The highest BCUT2D eigenvalue weighted by molar-refractivity contribution is 7.92. The van der Waals surface area contributed by atoms with Gasteiger partial charge in [0.1, 0.15) is 6.10 Å². The summed E-state index contributed by atoms with van der Waals surface area (Å²) < 4.78 is 35.1. The zero-order chi connectivity index (χ0) is 27.3. The van der Waals surface area contributed by atoms with Crippen LogP contribution in [0.15, 0.2) is 53.4 Å². The number of urea groups is 1. The maximum absolute atomic E-state index is 13.6. The molecular formula is C26H36N4O6S. The summed E-state index contributed by atoms with van der Waals surface area (Å²) in [5, 5.41) is 12.7. The number of likely N-dealkylation sites (N-methyl/N-ethyl adjacent to an activating group) is 1. The molecule has 0 aliphatic carbocycles. The van der Waals surface area contributed by atoms with Gasteiger partial charge in [0.2, 0.25) is 0 Å². The number of aliphatic hydroxyl groups is 1. The van der Waals surface area contributed by atoms with E-state index >= 15 is 0 Å². The van der Waals surface area contributed by atoms with Gasteiger partial charge in [-0.05, 0) is 45.0 Å². The molecule has 0 bridgehead atoms. The highest BCUT2D eigenvalue weighted by atomic mass is 32.2. The average molecular weight is 533 g/mol. The number of nitrogens with zero attached hydrogens (tertiary/aromatic N) is 2. The number of carbonyl (C=O) groups excluding carboxylic acids is 2. The lowest BCUT2D eigenvalue weighted by atomic mass is 9.99. The number of sulfonamides is 1. The molecule has 0 spiro atoms. The maximum atomic E-state index is 13.6. The van der Waals surface area contributed by atoms with Crippen LogP contribution in [0.2, 0.25) is 0 Å². The van der Waals surface area contributed by atoms with Gasteiger partial charge in [0.05, 0.1) is 35.3 Å². The summed E-state index contributed by atoms with van der Waals surface area (Å²) in [5.41, 5.74) is 0.277. The molecule has 3 amide bonds. The zero-order valence-electron chi connectivity index (χ0n) is 21.8. The minimum Gasteiger partial charge on any atom is -0.485 e. The Bertz CT molecular complexity index is 1200. The van der Waals surface area contributed by atoms with Crippen molar-refractivity contribution in [3.63, 3.8) is 0 Å². The van der Waals surface area contributed by atoms with Gasteiger partial charge in [0.25, 0.3) is 15.9 Å². The van der Waals surface area contributed by atoms with E-state index in [0.29, 0.717) is 0 Å². The number of anilines is 1. The first-order chi connectivity index (χ1) is 17.4. The lowest BCUT2D eigenvalue weighted by Gasteiger charge is -2.38. The third kappa shape index (κ3) is 6.72. The second-order valence-electron chi connectivity index (χ2n) is 9.71. The number of para-hydroxylation sites is 1. The molecule has 1 aliphatic heterocycles. The van der Waals surface area contributed by atoms with E-state index in [1.54, 1.807) is 49.2 Å². The van der Waals surface area contributed by atoms with Gasteiger partial charge in [0, 0.05) is 25.6 Å². The van der Waals surface area contributed by atoms with Crippen molar-refractivity contribution in [3.8, 4) is 5.75 Å². The number of fused-ring (bicyclic) bond motifs is 1. The number of aliphatic hydroxyl groups excluding tert-OH is 1. The molecule has 1 aliphatic rings. The summed E-state index contributed by atoms with van der Waals surface area (Å²) >= 11 is 0. The predicted molar refractivity (Wildman–Crippen MR) is 141 cm³/mol. The molecule has 37 heavy (non-hydrogen) atoms. The SMILES string of the molecule is CC(C)NC(=O)N(C)C[C@@H]1Oc2c(NS(=O)(=O)c3ccccc3)cccc2C(=O)N([C@H](C)CO)C[C@@H]1C. The molecule has 0 saturated heterocycles. The molecule has 10 nitrogen and oxygen atoms in total. The molecule has 0 unspecified atom stereocenters. The van der Waals surface area contributed by atoms with Gasteiger partial charge in [-0.2, -0.15) is 0 Å². The normalized spacial score (nSPS) is 18.8. The van der Waals surface area contributed by atoms with Crippen LogP contribution in [0, 0.1) is 5.92 Å². The van der Waals surface area contributed by atoms with E-state index in [9.17, 15) is 23.1 Å². The molecule has 202 valence electrons. The van der Waals surface area contributed by atoms with Gasteiger partial charge in [-0.3, -0.25) is 9.52 Å². The quantitative estimate of drug-likeness (QED) is 0.480. The van der Waals surface area contributed by atoms with Crippen molar-refractivity contribution in [2.45, 2.75) is 50.8 Å². The number of amides is 3. The molecule has 3 atom stereocenters. The van der Waals surface area contributed by atoms with Crippen molar-refractivity contribution in [3.05, 3.63) is 54.1 Å². The molecule has 0 saturated carbocycles. The molecule has 0 aromatic heterocycles. The van der Waals surface area contributed by atoms with E-state index < -0.39 is 22.2 Å². The summed E-state index contributed by atoms with van der Waals surface area (Å²) in [6.45, 7) is 7.59. The maximum Gasteiger partial charge on any atom is 0.317 e. The van der Waals surface area contributed by atoms with E-state index in [4.69, 9.17) is 4.74 Å². The van der Waals surface area contributed by atoms with Crippen LogP contribution >= 0.6 is 0 Å². The smallest absolute Gasteiger partial charge is 0.317 e. The van der Waals surface area contributed by atoms with Gasteiger partial charge < -0.3 is 25.0 Å². The van der Waals surface area contributed by atoms with Crippen molar-refractivity contribution in [2.75, 3.05) is 31.5 Å². The highest BCUT2D eigenvalue weighted by Gasteiger charge is 2.35. The van der Waals surface area contributed by atoms with Crippen LogP contribution in [-0.4, -0.2) is 80.2 Å². The Kier molecular flexibility index (Phi) is 9.03. The Morgan fingerprint density at radius 1 is 1.16 bits per heavy atom. The second-order valence-corrected chi connectivity index (χ2v) is 11.4. The standard InChI is InChI=1S/C26H36N4O6S/c1-17(2)27-26(33)29(5)15-23-18(3)14-30(19(4)16-31)25(32)21-12-9-13-22(24(21)36-23)28-37(34,35)20-10-7-6-8-11-20/h6-13,17-19,23,28,31H,14-16H2,1-5H3,(H,27,33)/t18-,19+,23-/m0/s1. The van der Waals surface area contributed by atoms with Crippen molar-refractivity contribution in [2.24, 2.45) is 5.92 Å². The number of hydrogen-bond donors (Lipinski definition) is 3. The van der Waals surface area contributed by atoms with E-state index in [0.717, 1.165) is 0 Å². The minimum absolute atomic E-state index is 0.0520. The van der Waals surface area contributed by atoms with Crippen LogP contribution in [0.5, 0.6) is 5.75 Å². The Hall–Kier alpha value is -3.31. The summed E-state index contributed by atoms with van der Waals surface area (Å²) in [5.74, 6) is -0.552. The van der Waals surface area contributed by atoms with Gasteiger partial charge in [0.15, 0.2) is 5.75 Å². The van der Waals surface area contributed by atoms with E-state index in [1.807, 2.05) is 20.8 Å². The lowest BCUT2D eigenvalue weighted by Crippen LogP contribution is -2.51. The second kappa shape index (κ2) is 11.8. The molecular weight excluding hydrogens is 496 g/mol. The van der Waals surface area contributed by atoms with Crippen LogP contribution < -0.4 is 14.8 Å². The Balaban J connectivity index is 2.05. The van der Waals surface area contributed by atoms with Crippen LogP contribution in [0.3, 0.4) is 0 Å². The molecule has 11 heteroatoms. The van der Waals surface area contributed by atoms with Gasteiger partial charge >= 0.3 is 6.03 Å². The molecule has 0 radical (unpaired) electrons. The Morgan fingerprint density at radius 3 is 2.46 bits per heavy atom. The van der Waals surface area contributed by atoms with Crippen molar-refractivity contribution in [1.29, 1.82) is 0 Å². The largest absolute Gasteiger partial charge is 0.485 e. The fourth-order valence-corrected chi connectivity index (χ4v) is 5.14. The van der Waals surface area contributed by atoms with E-state index in [-0.39, 0.29) is 65.5 Å². The highest BCUT2D eigenvalue weighted by Crippen LogP contribution is 2.36. The molecule has 3 N–H and O–H groups in total.